The first-order valence-corrected chi connectivity index (χ1v) is 6.95. The van der Waals surface area contributed by atoms with Gasteiger partial charge >= 0.3 is 0 Å². The third-order valence-electron chi connectivity index (χ3n) is 4.01. The van der Waals surface area contributed by atoms with E-state index >= 15 is 0 Å². The zero-order valence-electron chi connectivity index (χ0n) is 12.3. The Morgan fingerprint density at radius 3 is 2.58 bits per heavy atom. The molecule has 0 saturated heterocycles. The molecule has 0 bridgehead atoms. The molecule has 1 aliphatic heterocycles. The number of nitrogens with zero attached hydrogens (tertiary/aromatic N) is 1. The van der Waals surface area contributed by atoms with Gasteiger partial charge in [-0.3, -0.25) is 4.79 Å². The molecule has 3 heteroatoms. The van der Waals surface area contributed by atoms with Crippen molar-refractivity contribution in [2.24, 2.45) is 11.7 Å². The maximum Gasteiger partial charge on any atom is 0.240 e. The lowest BCUT2D eigenvalue weighted by Gasteiger charge is -2.41. The summed E-state index contributed by atoms with van der Waals surface area (Å²) in [6, 6.07) is 7.97. The highest BCUT2D eigenvalue weighted by molar-refractivity contribution is 5.82. The second kappa shape index (κ2) is 4.97. The SMILES string of the molecule is CC(C)[C@H](N)C(=O)N1Cc2ccccc2C(C)(C)C1. The summed E-state index contributed by atoms with van der Waals surface area (Å²) in [5.41, 5.74) is 8.58. The van der Waals surface area contributed by atoms with Gasteiger partial charge in [-0.25, -0.2) is 0 Å². The summed E-state index contributed by atoms with van der Waals surface area (Å²) >= 11 is 0. The number of hydrogen-bond acceptors (Lipinski definition) is 2. The van der Waals surface area contributed by atoms with Gasteiger partial charge in [0.25, 0.3) is 0 Å². The predicted octanol–water partition coefficient (Wildman–Crippen LogP) is 2.29. The van der Waals surface area contributed by atoms with E-state index < -0.39 is 6.04 Å². The minimum atomic E-state index is -0.402. The van der Waals surface area contributed by atoms with E-state index in [1.807, 2.05) is 24.8 Å². The normalized spacial score (nSPS) is 19.2. The van der Waals surface area contributed by atoms with Gasteiger partial charge in [0.05, 0.1) is 6.04 Å². The fourth-order valence-corrected chi connectivity index (χ4v) is 2.79. The van der Waals surface area contributed by atoms with Crippen LogP contribution in [0.1, 0.15) is 38.8 Å². The maximum atomic E-state index is 12.4. The molecule has 0 unspecified atom stereocenters. The van der Waals surface area contributed by atoms with Crippen molar-refractivity contribution in [2.45, 2.75) is 45.7 Å². The van der Waals surface area contributed by atoms with E-state index in [4.69, 9.17) is 5.73 Å². The van der Waals surface area contributed by atoms with Crippen LogP contribution in [0.25, 0.3) is 0 Å². The lowest BCUT2D eigenvalue weighted by atomic mass is 9.78. The summed E-state index contributed by atoms with van der Waals surface area (Å²) in [6.45, 7) is 9.78. The van der Waals surface area contributed by atoms with Crippen molar-refractivity contribution in [1.29, 1.82) is 0 Å². The minimum Gasteiger partial charge on any atom is -0.336 e. The molecule has 104 valence electrons. The van der Waals surface area contributed by atoms with Crippen LogP contribution in [0.4, 0.5) is 0 Å². The van der Waals surface area contributed by atoms with Gasteiger partial charge < -0.3 is 10.6 Å². The number of benzene rings is 1. The Morgan fingerprint density at radius 2 is 1.95 bits per heavy atom. The molecule has 19 heavy (non-hydrogen) atoms. The maximum absolute atomic E-state index is 12.4. The van der Waals surface area contributed by atoms with E-state index in [-0.39, 0.29) is 17.2 Å². The molecule has 1 amide bonds. The van der Waals surface area contributed by atoms with E-state index in [0.29, 0.717) is 6.54 Å². The Hall–Kier alpha value is -1.35. The number of fused-ring (bicyclic) bond motifs is 1. The topological polar surface area (TPSA) is 46.3 Å². The Kier molecular flexibility index (Phi) is 3.68. The van der Waals surface area contributed by atoms with Crippen molar-refractivity contribution < 1.29 is 4.79 Å². The van der Waals surface area contributed by atoms with Crippen molar-refractivity contribution in [3.63, 3.8) is 0 Å². The summed E-state index contributed by atoms with van der Waals surface area (Å²) in [5.74, 6) is 0.241. The Morgan fingerprint density at radius 1 is 1.32 bits per heavy atom. The zero-order valence-corrected chi connectivity index (χ0v) is 12.3. The van der Waals surface area contributed by atoms with Crippen LogP contribution < -0.4 is 5.73 Å². The molecule has 0 fully saturated rings. The summed E-state index contributed by atoms with van der Waals surface area (Å²) in [5, 5.41) is 0. The third kappa shape index (κ3) is 2.66. The van der Waals surface area contributed by atoms with Crippen LogP contribution >= 0.6 is 0 Å². The lowest BCUT2D eigenvalue weighted by Crippen LogP contribution is -2.52. The molecule has 1 aliphatic rings. The van der Waals surface area contributed by atoms with Gasteiger partial charge in [0.1, 0.15) is 0 Å². The molecule has 0 aromatic heterocycles. The molecule has 0 spiro atoms. The van der Waals surface area contributed by atoms with Crippen molar-refractivity contribution in [1.82, 2.24) is 4.90 Å². The van der Waals surface area contributed by atoms with Gasteiger partial charge in [0, 0.05) is 18.5 Å². The van der Waals surface area contributed by atoms with Crippen LogP contribution in [-0.2, 0) is 16.8 Å². The zero-order chi connectivity index (χ0) is 14.2. The Balaban J connectivity index is 2.28. The number of hydrogen-bond donors (Lipinski definition) is 1. The van der Waals surface area contributed by atoms with Gasteiger partial charge in [0.15, 0.2) is 0 Å². The van der Waals surface area contributed by atoms with Gasteiger partial charge in [-0.2, -0.15) is 0 Å². The molecule has 2 N–H and O–H groups in total. The van der Waals surface area contributed by atoms with Crippen LogP contribution in [0.15, 0.2) is 24.3 Å². The average Bonchev–Trinajstić information content (AvgIpc) is 2.36. The number of carbonyl (C=O) groups excluding carboxylic acids is 1. The van der Waals surface area contributed by atoms with Crippen molar-refractivity contribution in [2.75, 3.05) is 6.54 Å². The van der Waals surface area contributed by atoms with Crippen LogP contribution in [0.5, 0.6) is 0 Å². The second-order valence-corrected chi connectivity index (χ2v) is 6.51. The van der Waals surface area contributed by atoms with E-state index in [1.54, 1.807) is 0 Å². The monoisotopic (exact) mass is 260 g/mol. The molecule has 1 heterocycles. The molecular formula is C16H24N2O. The second-order valence-electron chi connectivity index (χ2n) is 6.51. The first-order valence-electron chi connectivity index (χ1n) is 6.95. The molecule has 0 radical (unpaired) electrons. The summed E-state index contributed by atoms with van der Waals surface area (Å²) in [6.07, 6.45) is 0. The molecule has 1 aromatic rings. The van der Waals surface area contributed by atoms with Gasteiger partial charge in [-0.1, -0.05) is 52.0 Å². The van der Waals surface area contributed by atoms with E-state index in [2.05, 4.69) is 32.0 Å². The first kappa shape index (κ1) is 14.1. The van der Waals surface area contributed by atoms with E-state index in [0.717, 1.165) is 6.54 Å². The number of carbonyl (C=O) groups is 1. The standard InChI is InChI=1S/C16H24N2O/c1-11(2)14(17)15(19)18-9-12-7-5-6-8-13(12)16(3,4)10-18/h5-8,11,14H,9-10,17H2,1-4H3/t14-/m0/s1. The van der Waals surface area contributed by atoms with Crippen LogP contribution in [-0.4, -0.2) is 23.4 Å². The lowest BCUT2D eigenvalue weighted by molar-refractivity contribution is -0.135. The Labute approximate surface area is 115 Å². The average molecular weight is 260 g/mol. The minimum absolute atomic E-state index is 0.0127. The first-order chi connectivity index (χ1) is 8.83. The highest BCUT2D eigenvalue weighted by Gasteiger charge is 2.35. The molecule has 1 atom stereocenters. The molecule has 0 saturated carbocycles. The van der Waals surface area contributed by atoms with Crippen molar-refractivity contribution in [3.05, 3.63) is 35.4 Å². The van der Waals surface area contributed by atoms with Crippen molar-refractivity contribution in [3.8, 4) is 0 Å². The summed E-state index contributed by atoms with van der Waals surface area (Å²) in [7, 11) is 0. The van der Waals surface area contributed by atoms with Gasteiger partial charge in [-0.05, 0) is 17.0 Å². The quantitative estimate of drug-likeness (QED) is 0.887. The Bertz CT molecular complexity index is 479. The highest BCUT2D eigenvalue weighted by atomic mass is 16.2. The molecule has 3 nitrogen and oxygen atoms in total. The van der Waals surface area contributed by atoms with Crippen LogP contribution in [0, 0.1) is 5.92 Å². The molecular weight excluding hydrogens is 236 g/mol. The fraction of sp³-hybridized carbons (Fsp3) is 0.562. The van der Waals surface area contributed by atoms with Crippen LogP contribution in [0.3, 0.4) is 0 Å². The van der Waals surface area contributed by atoms with Crippen molar-refractivity contribution >= 4 is 5.91 Å². The molecule has 2 rings (SSSR count). The van der Waals surface area contributed by atoms with Gasteiger partial charge in [-0.15, -0.1) is 0 Å². The molecule has 1 aromatic carbocycles. The molecule has 0 aliphatic carbocycles. The number of nitrogens with two attached hydrogens (primary N) is 1. The summed E-state index contributed by atoms with van der Waals surface area (Å²) in [4.78, 5) is 14.3. The third-order valence-corrected chi connectivity index (χ3v) is 4.01. The van der Waals surface area contributed by atoms with Crippen LogP contribution in [0.2, 0.25) is 0 Å². The van der Waals surface area contributed by atoms with Gasteiger partial charge in [0.2, 0.25) is 5.91 Å². The van der Waals surface area contributed by atoms with E-state index in [9.17, 15) is 4.79 Å². The highest BCUT2D eigenvalue weighted by Crippen LogP contribution is 2.33. The summed E-state index contributed by atoms with van der Waals surface area (Å²) < 4.78 is 0. The number of rotatable bonds is 2. The number of amides is 1. The smallest absolute Gasteiger partial charge is 0.240 e. The fourth-order valence-electron chi connectivity index (χ4n) is 2.79. The predicted molar refractivity (Wildman–Crippen MR) is 77.7 cm³/mol. The van der Waals surface area contributed by atoms with E-state index in [1.165, 1.54) is 11.1 Å². The largest absolute Gasteiger partial charge is 0.336 e.